The number of thioether (sulfide) groups is 1. The van der Waals surface area contributed by atoms with Gasteiger partial charge in [-0.3, -0.25) is 4.79 Å². The first-order valence-corrected chi connectivity index (χ1v) is 8.79. The molecule has 1 aromatic rings. The number of hydrogen-bond acceptors (Lipinski definition) is 7. The number of Topliss-reactive ketones (excluding diaryl/α,β-unsaturated/α-hetero) is 1. The molecule has 0 aliphatic heterocycles. The average Bonchev–Trinajstić information content (AvgIpc) is 2.61. The zero-order chi connectivity index (χ0) is 18.8. The number of hydrogen-bond donors (Lipinski definition) is 2. The van der Waals surface area contributed by atoms with Gasteiger partial charge in [0.2, 0.25) is 5.78 Å². The minimum absolute atomic E-state index is 0.264. The Morgan fingerprint density at radius 3 is 2.52 bits per heavy atom. The molecule has 0 aromatic heterocycles. The molecule has 0 saturated carbocycles. The predicted octanol–water partition coefficient (Wildman–Crippen LogP) is 1.22. The third-order valence-electron chi connectivity index (χ3n) is 3.27. The number of ketones is 1. The lowest BCUT2D eigenvalue weighted by Gasteiger charge is -2.16. The standard InChI is InChI=1S/C16H22N2O6S/c1-22-10-4-5-11(14(8-10)23-2)13(19)9-24-15(20)12(6-7-25-3)18-16(17)21/h4-5,8,12H,6-7,9H2,1-3H3,(H3,17,18,21)/t12-/m0/s1. The van der Waals surface area contributed by atoms with Gasteiger partial charge in [0.15, 0.2) is 6.61 Å². The fourth-order valence-electron chi connectivity index (χ4n) is 2.00. The normalized spacial score (nSPS) is 11.3. The molecular formula is C16H22N2O6S. The molecule has 0 aliphatic rings. The molecule has 0 aliphatic carbocycles. The predicted molar refractivity (Wildman–Crippen MR) is 94.3 cm³/mol. The van der Waals surface area contributed by atoms with Gasteiger partial charge in [0, 0.05) is 6.07 Å². The van der Waals surface area contributed by atoms with Crippen molar-refractivity contribution in [2.24, 2.45) is 5.73 Å². The first-order chi connectivity index (χ1) is 11.9. The highest BCUT2D eigenvalue weighted by Gasteiger charge is 2.23. The number of methoxy groups -OCH3 is 2. The summed E-state index contributed by atoms with van der Waals surface area (Å²) in [5.74, 6) is 0.326. The Morgan fingerprint density at radius 2 is 1.96 bits per heavy atom. The van der Waals surface area contributed by atoms with Crippen molar-refractivity contribution >= 4 is 29.5 Å². The molecule has 0 heterocycles. The molecule has 3 N–H and O–H groups in total. The van der Waals surface area contributed by atoms with Gasteiger partial charge in [-0.2, -0.15) is 11.8 Å². The minimum Gasteiger partial charge on any atom is -0.497 e. The summed E-state index contributed by atoms with van der Waals surface area (Å²) in [4.78, 5) is 35.3. The smallest absolute Gasteiger partial charge is 0.329 e. The van der Waals surface area contributed by atoms with E-state index in [0.717, 1.165) is 0 Å². The number of nitrogens with two attached hydrogens (primary N) is 1. The van der Waals surface area contributed by atoms with Gasteiger partial charge in [-0.25, -0.2) is 9.59 Å². The van der Waals surface area contributed by atoms with Crippen molar-refractivity contribution in [3.05, 3.63) is 23.8 Å². The number of primary amides is 1. The Hall–Kier alpha value is -2.42. The molecule has 1 aromatic carbocycles. The molecule has 0 bridgehead atoms. The van der Waals surface area contributed by atoms with Gasteiger partial charge in [0.05, 0.1) is 19.8 Å². The lowest BCUT2D eigenvalue weighted by molar-refractivity contribution is -0.144. The van der Waals surface area contributed by atoms with E-state index >= 15 is 0 Å². The Kier molecular flexibility index (Phi) is 8.62. The molecule has 138 valence electrons. The third kappa shape index (κ3) is 6.54. The average molecular weight is 370 g/mol. The Morgan fingerprint density at radius 1 is 1.24 bits per heavy atom. The third-order valence-corrected chi connectivity index (χ3v) is 3.91. The fraction of sp³-hybridized carbons (Fsp3) is 0.438. The van der Waals surface area contributed by atoms with Crippen molar-refractivity contribution < 1.29 is 28.6 Å². The van der Waals surface area contributed by atoms with E-state index in [9.17, 15) is 14.4 Å². The van der Waals surface area contributed by atoms with E-state index in [1.165, 1.54) is 32.0 Å². The molecule has 9 heteroatoms. The van der Waals surface area contributed by atoms with Crippen LogP contribution < -0.4 is 20.5 Å². The second-order valence-electron chi connectivity index (χ2n) is 4.94. The summed E-state index contributed by atoms with van der Waals surface area (Å²) in [5, 5.41) is 2.31. The van der Waals surface area contributed by atoms with Crippen LogP contribution in [-0.4, -0.2) is 56.7 Å². The van der Waals surface area contributed by atoms with Gasteiger partial charge in [-0.1, -0.05) is 0 Å². The maximum atomic E-state index is 12.3. The maximum absolute atomic E-state index is 12.3. The van der Waals surface area contributed by atoms with Crippen molar-refractivity contribution in [1.29, 1.82) is 0 Å². The largest absolute Gasteiger partial charge is 0.497 e. The number of nitrogens with one attached hydrogen (secondary N) is 1. The summed E-state index contributed by atoms with van der Waals surface area (Å²) in [6.45, 7) is -0.474. The second-order valence-corrected chi connectivity index (χ2v) is 5.93. The quantitative estimate of drug-likeness (QED) is 0.470. The molecule has 1 atom stereocenters. The fourth-order valence-corrected chi connectivity index (χ4v) is 2.47. The lowest BCUT2D eigenvalue weighted by atomic mass is 10.1. The van der Waals surface area contributed by atoms with Gasteiger partial charge >= 0.3 is 12.0 Å². The number of amides is 2. The highest BCUT2D eigenvalue weighted by molar-refractivity contribution is 7.98. The van der Waals surface area contributed by atoms with Crippen LogP contribution >= 0.6 is 11.8 Å². The van der Waals surface area contributed by atoms with Gasteiger partial charge in [0.25, 0.3) is 0 Å². The Balaban J connectivity index is 2.73. The monoisotopic (exact) mass is 370 g/mol. The zero-order valence-corrected chi connectivity index (χ0v) is 15.2. The molecule has 2 amide bonds. The van der Waals surface area contributed by atoms with E-state index in [1.54, 1.807) is 12.1 Å². The van der Waals surface area contributed by atoms with Crippen LogP contribution in [0.1, 0.15) is 16.8 Å². The minimum atomic E-state index is -0.893. The van der Waals surface area contributed by atoms with Crippen molar-refractivity contribution in [1.82, 2.24) is 5.32 Å². The molecule has 0 spiro atoms. The topological polar surface area (TPSA) is 117 Å². The van der Waals surface area contributed by atoms with E-state index in [0.29, 0.717) is 23.7 Å². The van der Waals surface area contributed by atoms with Crippen molar-refractivity contribution in [2.75, 3.05) is 32.8 Å². The number of carbonyl (C=O) groups is 3. The molecule has 25 heavy (non-hydrogen) atoms. The number of rotatable bonds is 10. The van der Waals surface area contributed by atoms with Crippen molar-refractivity contribution in [2.45, 2.75) is 12.5 Å². The van der Waals surface area contributed by atoms with E-state index in [4.69, 9.17) is 19.9 Å². The summed E-state index contributed by atoms with van der Waals surface area (Å²) in [7, 11) is 2.92. The SMILES string of the molecule is COc1ccc(C(=O)COC(=O)[C@H](CCSC)NC(N)=O)c(OC)c1. The highest BCUT2D eigenvalue weighted by Crippen LogP contribution is 2.25. The van der Waals surface area contributed by atoms with Crippen LogP contribution in [0, 0.1) is 0 Å². The van der Waals surface area contributed by atoms with Crippen molar-refractivity contribution in [3.63, 3.8) is 0 Å². The number of benzene rings is 1. The summed E-state index contributed by atoms with van der Waals surface area (Å²) in [5.41, 5.74) is 5.32. The number of ether oxygens (including phenoxy) is 3. The number of esters is 1. The van der Waals surface area contributed by atoms with E-state index in [2.05, 4.69) is 5.32 Å². The number of urea groups is 1. The Bertz CT molecular complexity index is 623. The van der Waals surface area contributed by atoms with Crippen LogP contribution in [0.3, 0.4) is 0 Å². The molecule has 0 radical (unpaired) electrons. The van der Waals surface area contributed by atoms with Gasteiger partial charge in [-0.05, 0) is 30.6 Å². The zero-order valence-electron chi connectivity index (χ0n) is 14.4. The van der Waals surface area contributed by atoms with E-state index < -0.39 is 30.4 Å². The van der Waals surface area contributed by atoms with Crippen LogP contribution in [0.2, 0.25) is 0 Å². The molecule has 0 saturated heterocycles. The summed E-state index contributed by atoms with van der Waals surface area (Å²) < 4.78 is 15.2. The first-order valence-electron chi connectivity index (χ1n) is 7.39. The van der Waals surface area contributed by atoms with Crippen LogP contribution in [0.15, 0.2) is 18.2 Å². The summed E-state index contributed by atoms with van der Waals surface area (Å²) in [6, 6.07) is 2.97. The van der Waals surface area contributed by atoms with E-state index in [1.807, 2.05) is 6.26 Å². The number of carbonyl (C=O) groups excluding carboxylic acids is 3. The van der Waals surface area contributed by atoms with Crippen LogP contribution in [0.4, 0.5) is 4.79 Å². The van der Waals surface area contributed by atoms with Gasteiger partial charge in [0.1, 0.15) is 17.5 Å². The molecule has 0 unspecified atom stereocenters. The van der Waals surface area contributed by atoms with Gasteiger partial charge in [-0.15, -0.1) is 0 Å². The second kappa shape index (κ2) is 10.4. The van der Waals surface area contributed by atoms with Gasteiger partial charge < -0.3 is 25.3 Å². The lowest BCUT2D eigenvalue weighted by Crippen LogP contribution is -2.45. The van der Waals surface area contributed by atoms with Crippen molar-refractivity contribution in [3.8, 4) is 11.5 Å². The first kappa shape index (κ1) is 20.6. The molecular weight excluding hydrogens is 348 g/mol. The van der Waals surface area contributed by atoms with Crippen LogP contribution in [-0.2, 0) is 9.53 Å². The highest BCUT2D eigenvalue weighted by atomic mass is 32.2. The maximum Gasteiger partial charge on any atom is 0.329 e. The molecule has 1 rings (SSSR count). The van der Waals surface area contributed by atoms with Crippen LogP contribution in [0.5, 0.6) is 11.5 Å². The molecule has 8 nitrogen and oxygen atoms in total. The molecule has 0 fully saturated rings. The van der Waals surface area contributed by atoms with E-state index in [-0.39, 0.29) is 5.56 Å². The summed E-state index contributed by atoms with van der Waals surface area (Å²) >= 11 is 1.51. The Labute approximate surface area is 150 Å². The van der Waals surface area contributed by atoms with Crippen LogP contribution in [0.25, 0.3) is 0 Å². The summed E-state index contributed by atoms with van der Waals surface area (Å²) in [6.07, 6.45) is 2.22.